The van der Waals surface area contributed by atoms with E-state index in [0.717, 1.165) is 12.1 Å². The van der Waals surface area contributed by atoms with Crippen LogP contribution >= 0.6 is 0 Å². The van der Waals surface area contributed by atoms with E-state index in [1.165, 1.54) is 16.0 Å². The molecule has 1 amide bonds. The molecule has 128 valence electrons. The predicted molar refractivity (Wildman–Crippen MR) is 94.4 cm³/mol. The molecule has 1 heterocycles. The van der Waals surface area contributed by atoms with Gasteiger partial charge >= 0.3 is 6.09 Å². The van der Waals surface area contributed by atoms with Crippen LogP contribution < -0.4 is 11.5 Å². The lowest BCUT2D eigenvalue weighted by Crippen LogP contribution is -2.37. The fourth-order valence-corrected chi connectivity index (χ4v) is 2.47. The summed E-state index contributed by atoms with van der Waals surface area (Å²) in [6.45, 7) is 0.738. The summed E-state index contributed by atoms with van der Waals surface area (Å²) in [6, 6.07) is 8.06. The average Bonchev–Trinajstić information content (AvgIpc) is 2.57. The highest BCUT2D eigenvalue weighted by Gasteiger charge is 2.19. The molecule has 1 aliphatic heterocycles. The molecule has 6 heteroatoms. The van der Waals surface area contributed by atoms with Crippen LogP contribution in [-0.2, 0) is 4.79 Å². The summed E-state index contributed by atoms with van der Waals surface area (Å²) in [5.41, 5.74) is 14.6. The molecule has 1 unspecified atom stereocenters. The van der Waals surface area contributed by atoms with Crippen molar-refractivity contribution in [3.8, 4) is 0 Å². The second-order valence-electron chi connectivity index (χ2n) is 5.85. The van der Waals surface area contributed by atoms with Crippen LogP contribution in [-0.4, -0.2) is 41.0 Å². The van der Waals surface area contributed by atoms with Gasteiger partial charge in [-0.05, 0) is 29.7 Å². The largest absolute Gasteiger partial charge is 0.465 e. The van der Waals surface area contributed by atoms with Crippen molar-refractivity contribution in [3.05, 3.63) is 48.1 Å². The molecule has 3 rings (SSSR count). The van der Waals surface area contributed by atoms with Crippen molar-refractivity contribution in [1.82, 2.24) is 4.90 Å². The van der Waals surface area contributed by atoms with Crippen molar-refractivity contribution in [2.45, 2.75) is 25.3 Å². The number of amides is 1. The third-order valence-electron chi connectivity index (χ3n) is 3.97. The normalized spacial score (nSPS) is 20.0. The molecule has 1 fully saturated rings. The Morgan fingerprint density at radius 2 is 1.79 bits per heavy atom. The van der Waals surface area contributed by atoms with Gasteiger partial charge in [0.1, 0.15) is 5.78 Å². The minimum absolute atomic E-state index is 0.164. The predicted octanol–water partition coefficient (Wildman–Crippen LogP) is 2.27. The van der Waals surface area contributed by atoms with Gasteiger partial charge in [0.25, 0.3) is 0 Å². The van der Waals surface area contributed by atoms with E-state index in [1.807, 2.05) is 30.3 Å². The number of nitrogens with two attached hydrogens (primary N) is 2. The van der Waals surface area contributed by atoms with Gasteiger partial charge in [0.05, 0.1) is 0 Å². The molecule has 6 nitrogen and oxygen atoms in total. The Bertz CT molecular complexity index is 640. The number of piperidine rings is 1. The van der Waals surface area contributed by atoms with Crippen LogP contribution in [0.25, 0.3) is 5.57 Å². The number of rotatable bonds is 1. The maximum atomic E-state index is 10.6. The number of nitrogen functional groups attached to an aromatic ring is 1. The Morgan fingerprint density at radius 3 is 2.29 bits per heavy atom. The van der Waals surface area contributed by atoms with E-state index in [2.05, 4.69) is 12.2 Å². The van der Waals surface area contributed by atoms with Gasteiger partial charge in [0, 0.05) is 37.7 Å². The Balaban J connectivity index is 0.000000185. The first kappa shape index (κ1) is 17.7. The second kappa shape index (κ2) is 8.31. The van der Waals surface area contributed by atoms with E-state index >= 15 is 0 Å². The molecule has 0 bridgehead atoms. The summed E-state index contributed by atoms with van der Waals surface area (Å²) >= 11 is 0. The van der Waals surface area contributed by atoms with Crippen molar-refractivity contribution in [2.75, 3.05) is 18.8 Å². The minimum Gasteiger partial charge on any atom is -0.465 e. The Labute approximate surface area is 141 Å². The molecule has 1 aromatic carbocycles. The number of hydrogen-bond acceptors (Lipinski definition) is 4. The zero-order valence-electron chi connectivity index (χ0n) is 13.5. The lowest BCUT2D eigenvalue weighted by Gasteiger charge is -2.22. The molecule has 1 saturated heterocycles. The van der Waals surface area contributed by atoms with E-state index in [1.54, 1.807) is 0 Å². The number of hydrogen-bond donors (Lipinski definition) is 3. The summed E-state index contributed by atoms with van der Waals surface area (Å²) in [5.74, 6) is 0.164. The van der Waals surface area contributed by atoms with Crippen LogP contribution in [0.4, 0.5) is 10.5 Å². The molecule has 1 aliphatic carbocycles. The van der Waals surface area contributed by atoms with Crippen LogP contribution in [0, 0.1) is 0 Å². The molecule has 0 radical (unpaired) electrons. The summed E-state index contributed by atoms with van der Waals surface area (Å²) in [7, 11) is 0. The molecule has 1 atom stereocenters. The van der Waals surface area contributed by atoms with E-state index in [4.69, 9.17) is 16.6 Å². The van der Waals surface area contributed by atoms with Gasteiger partial charge in [0.2, 0.25) is 0 Å². The summed E-state index contributed by atoms with van der Waals surface area (Å²) in [6.07, 6.45) is 7.02. The van der Waals surface area contributed by atoms with Crippen molar-refractivity contribution >= 4 is 23.1 Å². The topological polar surface area (TPSA) is 110 Å². The molecule has 0 spiro atoms. The first-order valence-electron chi connectivity index (χ1n) is 7.95. The maximum Gasteiger partial charge on any atom is 0.407 e. The monoisotopic (exact) mass is 329 g/mol. The van der Waals surface area contributed by atoms with Crippen molar-refractivity contribution < 1.29 is 14.7 Å². The van der Waals surface area contributed by atoms with Gasteiger partial charge in [-0.15, -0.1) is 0 Å². The molecule has 0 saturated carbocycles. The number of nitrogens with zero attached hydrogens (tertiary/aromatic N) is 1. The van der Waals surface area contributed by atoms with Crippen LogP contribution in [0.15, 0.2) is 42.5 Å². The fraction of sp³-hybridized carbons (Fsp3) is 0.333. The summed E-state index contributed by atoms with van der Waals surface area (Å²) in [5, 5.41) is 8.44. The van der Waals surface area contributed by atoms with E-state index in [-0.39, 0.29) is 11.8 Å². The molecular weight excluding hydrogens is 306 g/mol. The Kier molecular flexibility index (Phi) is 6.14. The van der Waals surface area contributed by atoms with Crippen LogP contribution in [0.1, 0.15) is 24.8 Å². The number of carboxylic acid groups (broad SMARTS) is 1. The number of carbonyl (C=O) groups is 2. The van der Waals surface area contributed by atoms with Crippen LogP contribution in [0.2, 0.25) is 0 Å². The van der Waals surface area contributed by atoms with Gasteiger partial charge < -0.3 is 21.5 Å². The van der Waals surface area contributed by atoms with E-state index in [0.29, 0.717) is 25.9 Å². The Morgan fingerprint density at radius 1 is 1.17 bits per heavy atom. The minimum atomic E-state index is -0.924. The van der Waals surface area contributed by atoms with Gasteiger partial charge in [-0.2, -0.15) is 0 Å². The number of anilines is 1. The number of benzene rings is 1. The lowest BCUT2D eigenvalue weighted by atomic mass is 9.97. The Hall–Kier alpha value is -2.60. The highest BCUT2D eigenvalue weighted by Crippen LogP contribution is 2.21. The molecule has 1 aromatic rings. The summed E-state index contributed by atoms with van der Waals surface area (Å²) in [4.78, 5) is 22.2. The van der Waals surface area contributed by atoms with E-state index < -0.39 is 6.09 Å². The quantitative estimate of drug-likeness (QED) is 0.685. The van der Waals surface area contributed by atoms with Crippen molar-refractivity contribution in [2.24, 2.45) is 5.73 Å². The standard InChI is InChI=1S/C12H14N2.C6H9NO3/c13-11-5-1-9(2-6-11)10-3-7-12(14)8-4-10;8-5-1-3-7(4-2-5)6(9)10/h1-7,12H,8,13-14H2;1-4H2,(H,9,10). The first-order valence-corrected chi connectivity index (χ1v) is 7.95. The number of Topliss-reactive ketones (excluding diaryl/α,β-unsaturated/α-hetero) is 1. The molecule has 5 N–H and O–H groups in total. The van der Waals surface area contributed by atoms with Crippen LogP contribution in [0.3, 0.4) is 0 Å². The highest BCUT2D eigenvalue weighted by molar-refractivity contribution is 5.81. The zero-order valence-corrected chi connectivity index (χ0v) is 13.5. The third-order valence-corrected chi connectivity index (χ3v) is 3.97. The van der Waals surface area contributed by atoms with Gasteiger partial charge in [-0.25, -0.2) is 4.79 Å². The average molecular weight is 329 g/mol. The molecule has 0 aromatic heterocycles. The van der Waals surface area contributed by atoms with Gasteiger partial charge in [-0.1, -0.05) is 30.4 Å². The first-order chi connectivity index (χ1) is 11.5. The second-order valence-corrected chi connectivity index (χ2v) is 5.85. The SMILES string of the molecule is Nc1ccc(C2=CCC(N)C=C2)cc1.O=C1CCN(C(=O)O)CC1. The summed E-state index contributed by atoms with van der Waals surface area (Å²) < 4.78 is 0. The van der Waals surface area contributed by atoms with E-state index in [9.17, 15) is 9.59 Å². The molecule has 24 heavy (non-hydrogen) atoms. The smallest absolute Gasteiger partial charge is 0.407 e. The van der Waals surface area contributed by atoms with Gasteiger partial charge in [-0.3, -0.25) is 4.79 Å². The third kappa shape index (κ3) is 5.24. The molecule has 2 aliphatic rings. The van der Waals surface area contributed by atoms with Crippen molar-refractivity contribution in [1.29, 1.82) is 0 Å². The number of ketones is 1. The lowest BCUT2D eigenvalue weighted by molar-refractivity contribution is -0.121. The zero-order chi connectivity index (χ0) is 17.5. The van der Waals surface area contributed by atoms with Gasteiger partial charge in [0.15, 0.2) is 0 Å². The van der Waals surface area contributed by atoms with Crippen LogP contribution in [0.5, 0.6) is 0 Å². The molecular formula is C18H23N3O3. The fourth-order valence-electron chi connectivity index (χ4n) is 2.47. The number of carbonyl (C=O) groups excluding carboxylic acids is 1. The maximum absolute atomic E-state index is 10.6. The van der Waals surface area contributed by atoms with Crippen molar-refractivity contribution in [3.63, 3.8) is 0 Å². The highest BCUT2D eigenvalue weighted by atomic mass is 16.4. The number of allylic oxidation sites excluding steroid dienone is 2. The number of likely N-dealkylation sites (tertiary alicyclic amines) is 1.